The second kappa shape index (κ2) is 13.0. The summed E-state index contributed by atoms with van der Waals surface area (Å²) in [6.45, 7) is 7.69. The number of hydrogen-bond acceptors (Lipinski definition) is 7. The Balaban J connectivity index is 1.46. The molecule has 2 heterocycles. The highest BCUT2D eigenvalue weighted by atomic mass is 35.5. The summed E-state index contributed by atoms with van der Waals surface area (Å²) in [5.41, 5.74) is 2.07. The second-order valence-corrected chi connectivity index (χ2v) is 16.3. The minimum Gasteiger partial charge on any atom is -0.490 e. The van der Waals surface area contributed by atoms with Gasteiger partial charge >= 0.3 is 0 Å². The first kappa shape index (κ1) is 33.0. The lowest BCUT2D eigenvalue weighted by Crippen LogP contribution is -2.54. The Kier molecular flexibility index (Phi) is 9.31. The SMILES string of the molecule is CCCO[C@]1(C=O)/C=C/C[C@H](C)[C@@H](C)S(=O)(=O)NC(=O)c2ccc3c(c2)N(C[C@@H]2CC[C@H]21)C[C@@]1(CCCc2cc(Cl)ccc21)CO3. The van der Waals surface area contributed by atoms with E-state index in [1.807, 2.05) is 32.1 Å². The zero-order chi connectivity index (χ0) is 32.7. The van der Waals surface area contributed by atoms with Crippen LogP contribution in [0.1, 0.15) is 80.8 Å². The summed E-state index contributed by atoms with van der Waals surface area (Å²) in [4.78, 5) is 28.7. The molecule has 248 valence electrons. The molecular formula is C36H45ClN2O6S. The van der Waals surface area contributed by atoms with E-state index in [4.69, 9.17) is 21.1 Å². The lowest BCUT2D eigenvalue weighted by Gasteiger charge is -2.49. The van der Waals surface area contributed by atoms with Crippen LogP contribution in [0.3, 0.4) is 0 Å². The molecular weight excluding hydrogens is 624 g/mol. The normalized spacial score (nSPS) is 33.0. The van der Waals surface area contributed by atoms with Crippen molar-refractivity contribution >= 4 is 39.5 Å². The molecule has 0 unspecified atom stereocenters. The largest absolute Gasteiger partial charge is 0.490 e. The number of nitrogens with one attached hydrogen (secondary N) is 1. The van der Waals surface area contributed by atoms with Crippen molar-refractivity contribution in [1.82, 2.24) is 4.72 Å². The fourth-order valence-electron chi connectivity index (χ4n) is 7.88. The number of anilines is 1. The number of fused-ring (bicyclic) bond motifs is 4. The van der Waals surface area contributed by atoms with Crippen LogP contribution in [0.2, 0.25) is 5.02 Å². The van der Waals surface area contributed by atoms with Gasteiger partial charge in [0.1, 0.15) is 11.4 Å². The maximum absolute atomic E-state index is 13.5. The molecule has 1 spiro atoms. The molecule has 8 nitrogen and oxygen atoms in total. The van der Waals surface area contributed by atoms with Crippen molar-refractivity contribution in [3.8, 4) is 5.75 Å². The number of hydrogen-bond donors (Lipinski definition) is 1. The first-order chi connectivity index (χ1) is 22.0. The van der Waals surface area contributed by atoms with Crippen LogP contribution in [0.15, 0.2) is 48.6 Å². The van der Waals surface area contributed by atoms with E-state index >= 15 is 0 Å². The van der Waals surface area contributed by atoms with E-state index in [2.05, 4.69) is 21.8 Å². The van der Waals surface area contributed by atoms with Gasteiger partial charge in [0.05, 0.1) is 17.5 Å². The van der Waals surface area contributed by atoms with E-state index < -0.39 is 26.8 Å². The van der Waals surface area contributed by atoms with Crippen LogP contribution in [0.5, 0.6) is 5.75 Å². The molecule has 6 rings (SSSR count). The number of carbonyl (C=O) groups excluding carboxylic acids is 2. The van der Waals surface area contributed by atoms with Gasteiger partial charge in [-0.15, -0.1) is 0 Å². The molecule has 46 heavy (non-hydrogen) atoms. The molecule has 2 aromatic carbocycles. The number of nitrogens with zero attached hydrogens (tertiary/aromatic N) is 1. The van der Waals surface area contributed by atoms with Crippen molar-refractivity contribution in [2.45, 2.75) is 82.0 Å². The molecule has 1 saturated carbocycles. The number of halogens is 1. The van der Waals surface area contributed by atoms with Gasteiger partial charge in [-0.3, -0.25) is 9.59 Å². The predicted molar refractivity (Wildman–Crippen MR) is 180 cm³/mol. The number of carbonyl (C=O) groups is 2. The smallest absolute Gasteiger partial charge is 0.264 e. The Morgan fingerprint density at radius 3 is 2.74 bits per heavy atom. The molecule has 0 radical (unpaired) electrons. The minimum atomic E-state index is -3.98. The standard InChI is InChI=1S/C36H45ClN2O6S/c1-4-17-45-36(22-40)16-5-7-24(2)25(3)46(42,43)38-34(41)27-10-14-33-32(19-27)39(20-28-9-12-31(28)36)21-35(23-44-33)15-6-8-26-18-29(37)11-13-30(26)35/h5,10-11,13-14,16,18-19,22,24-25,28,31H,4,6-9,12,15,17,20-21,23H2,1-3H3,(H,38,41)/b16-5+/t24-,25+,28-,31+,35-,36-/m0/s1. The number of allylic oxidation sites excluding steroid dienone is 1. The summed E-state index contributed by atoms with van der Waals surface area (Å²) in [7, 11) is -3.98. The fraction of sp³-hybridized carbons (Fsp3) is 0.556. The first-order valence-corrected chi connectivity index (χ1v) is 18.6. The van der Waals surface area contributed by atoms with E-state index in [0.717, 1.165) is 55.5 Å². The van der Waals surface area contributed by atoms with Gasteiger partial charge in [-0.05, 0) is 111 Å². The summed E-state index contributed by atoms with van der Waals surface area (Å²) < 4.78 is 42.0. The van der Waals surface area contributed by atoms with Crippen molar-refractivity contribution in [1.29, 1.82) is 0 Å². The predicted octanol–water partition coefficient (Wildman–Crippen LogP) is 6.25. The highest BCUT2D eigenvalue weighted by Gasteiger charge is 2.49. The number of aldehydes is 1. The van der Waals surface area contributed by atoms with Gasteiger partial charge in [0.15, 0.2) is 6.29 Å². The van der Waals surface area contributed by atoms with E-state index in [1.54, 1.807) is 25.1 Å². The number of ether oxygens (including phenoxy) is 2. The van der Waals surface area contributed by atoms with Crippen LogP contribution >= 0.6 is 11.6 Å². The summed E-state index contributed by atoms with van der Waals surface area (Å²) in [5.74, 6) is -0.187. The summed E-state index contributed by atoms with van der Waals surface area (Å²) in [6.07, 6.45) is 10.6. The fourth-order valence-corrected chi connectivity index (χ4v) is 9.36. The molecule has 0 aromatic heterocycles. The topological polar surface area (TPSA) is 102 Å². The molecule has 2 bridgehead atoms. The van der Waals surface area contributed by atoms with Crippen molar-refractivity contribution in [3.63, 3.8) is 0 Å². The first-order valence-electron chi connectivity index (χ1n) is 16.7. The Morgan fingerprint density at radius 1 is 1.17 bits per heavy atom. The van der Waals surface area contributed by atoms with E-state index in [9.17, 15) is 18.0 Å². The number of sulfonamides is 1. The monoisotopic (exact) mass is 668 g/mol. The van der Waals surface area contributed by atoms with Crippen LogP contribution in [0, 0.1) is 17.8 Å². The van der Waals surface area contributed by atoms with E-state index in [-0.39, 0.29) is 28.7 Å². The highest BCUT2D eigenvalue weighted by molar-refractivity contribution is 7.90. The Labute approximate surface area is 277 Å². The third-order valence-electron chi connectivity index (χ3n) is 10.9. The molecule has 0 saturated heterocycles. The quantitative estimate of drug-likeness (QED) is 0.304. The zero-order valence-electron chi connectivity index (χ0n) is 27.0. The molecule has 10 heteroatoms. The number of rotatable bonds is 4. The average molecular weight is 669 g/mol. The maximum atomic E-state index is 13.5. The molecule has 2 aliphatic heterocycles. The molecule has 1 N–H and O–H groups in total. The number of benzene rings is 2. The summed E-state index contributed by atoms with van der Waals surface area (Å²) in [5, 5.41) is -0.122. The van der Waals surface area contributed by atoms with Crippen molar-refractivity contribution in [2.24, 2.45) is 17.8 Å². The van der Waals surface area contributed by atoms with Gasteiger partial charge < -0.3 is 14.4 Å². The molecule has 1 amide bonds. The van der Waals surface area contributed by atoms with E-state index in [1.165, 1.54) is 11.1 Å². The lowest BCUT2D eigenvalue weighted by atomic mass is 9.64. The van der Waals surface area contributed by atoms with Gasteiger partial charge in [-0.25, -0.2) is 13.1 Å². The van der Waals surface area contributed by atoms with Crippen LogP contribution < -0.4 is 14.4 Å². The van der Waals surface area contributed by atoms with Crippen LogP contribution in [-0.2, 0) is 31.4 Å². The maximum Gasteiger partial charge on any atom is 0.264 e. The Morgan fingerprint density at radius 2 is 2.00 bits per heavy atom. The Hall–Kier alpha value is -2.88. The zero-order valence-corrected chi connectivity index (χ0v) is 28.5. The second-order valence-electron chi connectivity index (χ2n) is 13.8. The minimum absolute atomic E-state index is 0.0373. The average Bonchev–Trinajstić information content (AvgIpc) is 3.17. The van der Waals surface area contributed by atoms with Crippen molar-refractivity contribution < 1.29 is 27.5 Å². The van der Waals surface area contributed by atoms with Gasteiger partial charge in [0.2, 0.25) is 10.0 Å². The molecule has 1 fully saturated rings. The third-order valence-corrected chi connectivity index (χ3v) is 13.1. The van der Waals surface area contributed by atoms with Gasteiger partial charge in [-0.2, -0.15) is 0 Å². The van der Waals surface area contributed by atoms with Crippen molar-refractivity contribution in [2.75, 3.05) is 31.2 Å². The van der Waals surface area contributed by atoms with E-state index in [0.29, 0.717) is 38.5 Å². The van der Waals surface area contributed by atoms with Gasteiger partial charge in [0, 0.05) is 41.6 Å². The molecule has 2 aromatic rings. The van der Waals surface area contributed by atoms with Gasteiger partial charge in [-0.1, -0.05) is 37.6 Å². The molecule has 6 atom stereocenters. The third kappa shape index (κ3) is 6.11. The van der Waals surface area contributed by atoms with Gasteiger partial charge in [0.25, 0.3) is 5.91 Å². The lowest BCUT2D eigenvalue weighted by molar-refractivity contribution is -0.141. The van der Waals surface area contributed by atoms with Crippen LogP contribution in [0.25, 0.3) is 0 Å². The highest BCUT2D eigenvalue weighted by Crippen LogP contribution is 2.48. The van der Waals surface area contributed by atoms with Crippen LogP contribution in [-0.4, -0.2) is 57.8 Å². The van der Waals surface area contributed by atoms with Crippen molar-refractivity contribution in [3.05, 3.63) is 70.3 Å². The summed E-state index contributed by atoms with van der Waals surface area (Å²) >= 11 is 6.42. The molecule has 2 aliphatic carbocycles. The molecule has 4 aliphatic rings. The Bertz CT molecular complexity index is 1630. The number of amides is 1. The number of aryl methyl sites for hydroxylation is 1. The van der Waals surface area contributed by atoms with Crippen LogP contribution in [0.4, 0.5) is 5.69 Å². The summed E-state index contributed by atoms with van der Waals surface area (Å²) in [6, 6.07) is 11.3.